The van der Waals surface area contributed by atoms with Gasteiger partial charge in [-0.25, -0.2) is 13.6 Å². The molecule has 1 aromatic carbocycles. The number of aliphatic hydroxyl groups is 1. The average Bonchev–Trinajstić information content (AvgIpc) is 2.38. The summed E-state index contributed by atoms with van der Waals surface area (Å²) in [6.07, 6.45) is -7.56. The standard InChI is InChI=1S/C12H12ClF5N2O2/c13-9-2-1-7(5-8(9)12(16,17)18)19-11(22)20(3-4-21)6-10(14)15/h1-2,5,10,21H,3-4,6H2,(H,19,22). The van der Waals surface area contributed by atoms with Crippen LogP contribution in [0.2, 0.25) is 5.02 Å². The monoisotopic (exact) mass is 346 g/mol. The summed E-state index contributed by atoms with van der Waals surface area (Å²) < 4.78 is 62.7. The van der Waals surface area contributed by atoms with Crippen LogP contribution in [-0.4, -0.2) is 42.2 Å². The summed E-state index contributed by atoms with van der Waals surface area (Å²) in [5.41, 5.74) is -1.41. The Hall–Kier alpha value is -1.61. The lowest BCUT2D eigenvalue weighted by atomic mass is 10.2. The molecular weight excluding hydrogens is 335 g/mol. The number of alkyl halides is 5. The summed E-state index contributed by atoms with van der Waals surface area (Å²) in [5, 5.41) is 10.2. The van der Waals surface area contributed by atoms with Crippen LogP contribution in [-0.2, 0) is 6.18 Å². The van der Waals surface area contributed by atoms with E-state index in [0.717, 1.165) is 12.1 Å². The summed E-state index contributed by atoms with van der Waals surface area (Å²) in [6.45, 7) is -1.89. The number of halogens is 6. The highest BCUT2D eigenvalue weighted by atomic mass is 35.5. The summed E-state index contributed by atoms with van der Waals surface area (Å²) in [6, 6.07) is 1.59. The topological polar surface area (TPSA) is 52.6 Å². The number of benzene rings is 1. The van der Waals surface area contributed by atoms with E-state index in [2.05, 4.69) is 5.32 Å². The Morgan fingerprint density at radius 3 is 2.50 bits per heavy atom. The van der Waals surface area contributed by atoms with Crippen molar-refractivity contribution in [1.29, 1.82) is 0 Å². The van der Waals surface area contributed by atoms with Crippen molar-refractivity contribution in [3.8, 4) is 0 Å². The first-order chi connectivity index (χ1) is 10.1. The van der Waals surface area contributed by atoms with E-state index >= 15 is 0 Å². The van der Waals surface area contributed by atoms with Crippen LogP contribution in [0.3, 0.4) is 0 Å². The van der Waals surface area contributed by atoms with Crippen LogP contribution in [0.5, 0.6) is 0 Å². The van der Waals surface area contributed by atoms with Gasteiger partial charge in [-0.2, -0.15) is 13.2 Å². The second kappa shape index (κ2) is 7.59. The molecule has 0 aliphatic carbocycles. The van der Waals surface area contributed by atoms with Gasteiger partial charge in [-0.1, -0.05) is 11.6 Å². The lowest BCUT2D eigenvalue weighted by Crippen LogP contribution is -2.40. The van der Waals surface area contributed by atoms with Gasteiger partial charge in [-0.3, -0.25) is 0 Å². The van der Waals surface area contributed by atoms with E-state index in [0.29, 0.717) is 11.0 Å². The molecule has 0 bridgehead atoms. The third-order valence-corrected chi connectivity index (χ3v) is 2.87. The number of nitrogens with one attached hydrogen (secondary N) is 1. The van der Waals surface area contributed by atoms with Gasteiger partial charge in [0, 0.05) is 12.2 Å². The molecule has 0 aromatic heterocycles. The predicted molar refractivity (Wildman–Crippen MR) is 70.1 cm³/mol. The second-order valence-electron chi connectivity index (χ2n) is 4.18. The van der Waals surface area contributed by atoms with Crippen molar-refractivity contribution in [2.75, 3.05) is 25.0 Å². The highest BCUT2D eigenvalue weighted by Gasteiger charge is 2.33. The number of amides is 2. The van der Waals surface area contributed by atoms with Gasteiger partial charge < -0.3 is 15.3 Å². The maximum absolute atomic E-state index is 12.7. The van der Waals surface area contributed by atoms with Crippen LogP contribution >= 0.6 is 11.6 Å². The summed E-state index contributed by atoms with van der Waals surface area (Å²) in [7, 11) is 0. The lowest BCUT2D eigenvalue weighted by Gasteiger charge is -2.22. The third-order valence-electron chi connectivity index (χ3n) is 2.54. The van der Waals surface area contributed by atoms with Crippen molar-refractivity contribution >= 4 is 23.3 Å². The Kier molecular flexibility index (Phi) is 6.36. The Balaban J connectivity index is 2.91. The van der Waals surface area contributed by atoms with Crippen LogP contribution in [0.4, 0.5) is 32.4 Å². The van der Waals surface area contributed by atoms with Gasteiger partial charge in [0.05, 0.1) is 23.7 Å². The van der Waals surface area contributed by atoms with Crippen molar-refractivity contribution in [2.45, 2.75) is 12.6 Å². The zero-order valence-corrected chi connectivity index (χ0v) is 11.8. The zero-order valence-electron chi connectivity index (χ0n) is 11.0. The first-order valence-electron chi connectivity index (χ1n) is 5.97. The number of hydrogen-bond acceptors (Lipinski definition) is 2. The SMILES string of the molecule is O=C(Nc1ccc(Cl)c(C(F)(F)F)c1)N(CCO)CC(F)F. The maximum atomic E-state index is 12.7. The smallest absolute Gasteiger partial charge is 0.395 e. The highest BCUT2D eigenvalue weighted by Crippen LogP contribution is 2.36. The highest BCUT2D eigenvalue weighted by molar-refractivity contribution is 6.31. The molecule has 1 rings (SSSR count). The minimum absolute atomic E-state index is 0.251. The Morgan fingerprint density at radius 2 is 2.00 bits per heavy atom. The number of carbonyl (C=O) groups is 1. The average molecular weight is 347 g/mol. The molecule has 0 saturated carbocycles. The minimum Gasteiger partial charge on any atom is -0.395 e. The molecule has 0 aliphatic heterocycles. The van der Waals surface area contributed by atoms with Crippen molar-refractivity contribution < 1.29 is 31.9 Å². The fraction of sp³-hybridized carbons (Fsp3) is 0.417. The molecule has 4 nitrogen and oxygen atoms in total. The van der Waals surface area contributed by atoms with E-state index in [1.165, 1.54) is 0 Å². The lowest BCUT2D eigenvalue weighted by molar-refractivity contribution is -0.137. The van der Waals surface area contributed by atoms with Crippen molar-refractivity contribution in [1.82, 2.24) is 4.90 Å². The van der Waals surface area contributed by atoms with E-state index < -0.39 is 42.4 Å². The Labute approximate surface area is 127 Å². The molecule has 22 heavy (non-hydrogen) atoms. The molecule has 10 heteroatoms. The van der Waals surface area contributed by atoms with Crippen LogP contribution in [0, 0.1) is 0 Å². The summed E-state index contributed by atoms with van der Waals surface area (Å²) in [4.78, 5) is 12.3. The summed E-state index contributed by atoms with van der Waals surface area (Å²) in [5.74, 6) is 0. The number of hydrogen-bond donors (Lipinski definition) is 2. The molecule has 0 unspecified atom stereocenters. The molecule has 0 atom stereocenters. The maximum Gasteiger partial charge on any atom is 0.417 e. The van der Waals surface area contributed by atoms with E-state index in [1.54, 1.807) is 0 Å². The van der Waals surface area contributed by atoms with E-state index in [1.807, 2.05) is 0 Å². The Morgan fingerprint density at radius 1 is 1.36 bits per heavy atom. The van der Waals surface area contributed by atoms with Crippen LogP contribution in [0.25, 0.3) is 0 Å². The van der Waals surface area contributed by atoms with Gasteiger partial charge in [0.1, 0.15) is 0 Å². The molecule has 1 aromatic rings. The number of carbonyl (C=O) groups excluding carboxylic acids is 1. The minimum atomic E-state index is -4.72. The van der Waals surface area contributed by atoms with E-state index in [9.17, 15) is 26.7 Å². The van der Waals surface area contributed by atoms with Gasteiger partial charge >= 0.3 is 12.2 Å². The molecular formula is C12H12ClF5N2O2. The first kappa shape index (κ1) is 18.4. The molecule has 124 valence electrons. The molecule has 0 spiro atoms. The first-order valence-corrected chi connectivity index (χ1v) is 6.34. The number of nitrogens with zero attached hydrogens (tertiary/aromatic N) is 1. The van der Waals surface area contributed by atoms with Crippen LogP contribution < -0.4 is 5.32 Å². The van der Waals surface area contributed by atoms with Gasteiger partial charge in [0.2, 0.25) is 0 Å². The number of anilines is 1. The zero-order chi connectivity index (χ0) is 16.9. The van der Waals surface area contributed by atoms with E-state index in [-0.39, 0.29) is 12.2 Å². The van der Waals surface area contributed by atoms with Crippen molar-refractivity contribution in [3.05, 3.63) is 28.8 Å². The van der Waals surface area contributed by atoms with Crippen molar-refractivity contribution in [2.24, 2.45) is 0 Å². The molecule has 0 aliphatic rings. The van der Waals surface area contributed by atoms with Gasteiger partial charge in [0.15, 0.2) is 0 Å². The number of rotatable bonds is 5. The number of aliphatic hydroxyl groups excluding tert-OH is 1. The third kappa shape index (κ3) is 5.30. The van der Waals surface area contributed by atoms with Crippen LogP contribution in [0.15, 0.2) is 18.2 Å². The summed E-state index contributed by atoms with van der Waals surface area (Å²) >= 11 is 5.42. The molecule has 2 N–H and O–H groups in total. The van der Waals surface area contributed by atoms with E-state index in [4.69, 9.17) is 16.7 Å². The fourth-order valence-electron chi connectivity index (χ4n) is 1.59. The normalized spacial score (nSPS) is 11.6. The Bertz CT molecular complexity index is 525. The van der Waals surface area contributed by atoms with Gasteiger partial charge in [-0.05, 0) is 18.2 Å². The molecule has 2 amide bonds. The predicted octanol–water partition coefficient (Wildman–Crippen LogP) is 3.45. The second-order valence-corrected chi connectivity index (χ2v) is 4.59. The molecule has 0 heterocycles. The molecule has 0 saturated heterocycles. The largest absolute Gasteiger partial charge is 0.417 e. The van der Waals surface area contributed by atoms with Crippen LogP contribution in [0.1, 0.15) is 5.56 Å². The fourth-order valence-corrected chi connectivity index (χ4v) is 1.81. The number of urea groups is 1. The molecule has 0 fully saturated rings. The van der Waals surface area contributed by atoms with Gasteiger partial charge in [0.25, 0.3) is 6.43 Å². The van der Waals surface area contributed by atoms with Crippen molar-refractivity contribution in [3.63, 3.8) is 0 Å². The quantitative estimate of drug-likeness (QED) is 0.802. The van der Waals surface area contributed by atoms with Gasteiger partial charge in [-0.15, -0.1) is 0 Å². The molecule has 0 radical (unpaired) electrons.